The van der Waals surface area contributed by atoms with Gasteiger partial charge in [-0.15, -0.1) is 0 Å². The summed E-state index contributed by atoms with van der Waals surface area (Å²) in [6.45, 7) is 5.19. The molecule has 4 heterocycles. The average molecular weight is 536 g/mol. The molecule has 0 spiro atoms. The first-order valence-electron chi connectivity index (χ1n) is 14.0. The zero-order chi connectivity index (χ0) is 27.1. The van der Waals surface area contributed by atoms with E-state index in [-0.39, 0.29) is 41.9 Å². The Hall–Kier alpha value is -3.44. The molecule has 0 radical (unpaired) electrons. The number of hydrogen-bond acceptors (Lipinski definition) is 9. The van der Waals surface area contributed by atoms with Gasteiger partial charge in [-0.3, -0.25) is 9.59 Å². The highest BCUT2D eigenvalue weighted by atomic mass is 16.3. The second kappa shape index (κ2) is 10.6. The fraction of sp³-hybridized carbons (Fsp3) is 0.571. The Morgan fingerprint density at radius 3 is 2.62 bits per heavy atom. The van der Waals surface area contributed by atoms with Crippen LogP contribution in [0.4, 0.5) is 11.8 Å². The SMILES string of the molecule is CC(=O)N1CC(Nc2cc(C(=O)NCC(O)[C@@H]3Cc4ccc(O)cc4CN3)nc(N3CC4CCC(C4)C3)n2)C1. The molecule has 39 heavy (non-hydrogen) atoms. The molecule has 2 bridgehead atoms. The number of aliphatic hydroxyl groups excluding tert-OH is 1. The molecule has 1 saturated carbocycles. The lowest BCUT2D eigenvalue weighted by atomic mass is 9.92. The van der Waals surface area contributed by atoms with Crippen LogP contribution in [0.1, 0.15) is 47.8 Å². The topological polar surface area (TPSA) is 143 Å². The molecule has 4 atom stereocenters. The number of carbonyl (C=O) groups is 2. The third-order valence-corrected chi connectivity index (χ3v) is 8.64. The summed E-state index contributed by atoms with van der Waals surface area (Å²) in [4.78, 5) is 38.2. The minimum atomic E-state index is -0.792. The number of fused-ring (bicyclic) bond motifs is 3. The van der Waals surface area contributed by atoms with Crippen molar-refractivity contribution in [1.29, 1.82) is 0 Å². The van der Waals surface area contributed by atoms with Gasteiger partial charge < -0.3 is 36.0 Å². The first-order valence-corrected chi connectivity index (χ1v) is 14.0. The van der Waals surface area contributed by atoms with Crippen LogP contribution in [0.15, 0.2) is 24.3 Å². The number of aromatic hydroxyl groups is 1. The van der Waals surface area contributed by atoms with E-state index in [1.165, 1.54) is 19.3 Å². The van der Waals surface area contributed by atoms with E-state index in [4.69, 9.17) is 4.98 Å². The molecule has 11 heteroatoms. The van der Waals surface area contributed by atoms with E-state index in [1.807, 2.05) is 6.07 Å². The highest BCUT2D eigenvalue weighted by Crippen LogP contribution is 2.37. The van der Waals surface area contributed by atoms with Crippen molar-refractivity contribution in [3.8, 4) is 5.75 Å². The van der Waals surface area contributed by atoms with E-state index in [1.54, 1.807) is 30.0 Å². The predicted molar refractivity (Wildman–Crippen MR) is 146 cm³/mol. The molecule has 2 aromatic rings. The molecule has 3 unspecified atom stereocenters. The van der Waals surface area contributed by atoms with Crippen molar-refractivity contribution in [2.75, 3.05) is 42.9 Å². The first kappa shape index (κ1) is 25.8. The zero-order valence-corrected chi connectivity index (χ0v) is 22.3. The Balaban J connectivity index is 1.13. The number of phenolic OH excluding ortho intramolecular Hbond substituents is 1. The Morgan fingerprint density at radius 1 is 1.10 bits per heavy atom. The molecular formula is C28H37N7O4. The Bertz CT molecular complexity index is 1240. The number of carbonyl (C=O) groups excluding carboxylic acids is 2. The van der Waals surface area contributed by atoms with Crippen molar-refractivity contribution >= 4 is 23.6 Å². The minimum absolute atomic E-state index is 0.0490. The number of rotatable bonds is 7. The van der Waals surface area contributed by atoms with Crippen LogP contribution in [0.5, 0.6) is 5.75 Å². The summed E-state index contributed by atoms with van der Waals surface area (Å²) in [5.74, 6) is 2.33. The van der Waals surface area contributed by atoms with Crippen molar-refractivity contribution in [2.45, 2.75) is 57.3 Å². The Morgan fingerprint density at radius 2 is 1.87 bits per heavy atom. The number of benzene rings is 1. The Kier molecular flexibility index (Phi) is 7.03. The van der Waals surface area contributed by atoms with Crippen LogP contribution in [0.2, 0.25) is 0 Å². The molecular weight excluding hydrogens is 498 g/mol. The summed E-state index contributed by atoms with van der Waals surface area (Å²) in [6, 6.07) is 6.79. The van der Waals surface area contributed by atoms with Gasteiger partial charge >= 0.3 is 0 Å². The fourth-order valence-corrected chi connectivity index (χ4v) is 6.40. The van der Waals surface area contributed by atoms with Crippen LogP contribution in [0.25, 0.3) is 0 Å². The van der Waals surface area contributed by atoms with Crippen LogP contribution in [0.3, 0.4) is 0 Å². The van der Waals surface area contributed by atoms with Gasteiger partial charge in [-0.05, 0) is 60.8 Å². The highest BCUT2D eigenvalue weighted by molar-refractivity contribution is 5.93. The van der Waals surface area contributed by atoms with E-state index in [2.05, 4.69) is 25.8 Å². The molecule has 208 valence electrons. The number of aliphatic hydroxyl groups is 1. The van der Waals surface area contributed by atoms with Crippen LogP contribution in [0, 0.1) is 11.8 Å². The largest absolute Gasteiger partial charge is 0.508 e. The molecule has 2 saturated heterocycles. The number of nitrogens with zero attached hydrogens (tertiary/aromatic N) is 4. The van der Waals surface area contributed by atoms with Gasteiger partial charge in [0.15, 0.2) is 0 Å². The standard InChI is InChI=1S/C28H37N7O4/c1-16(36)34-14-21(15-34)31-26-9-24(32-28(33-26)35-12-17-2-3-18(6-17)13-35)27(39)30-11-25(38)23-8-19-4-5-22(37)7-20(19)10-29-23/h4-5,7,9,17-18,21,23,25,29,37-38H,2-3,6,8,10-15H2,1H3,(H,30,39)(H,31,32,33)/t17?,18?,23-,25?/m0/s1. The lowest BCUT2D eigenvalue weighted by Crippen LogP contribution is -2.56. The third kappa shape index (κ3) is 5.65. The van der Waals surface area contributed by atoms with Crippen molar-refractivity contribution in [1.82, 2.24) is 25.5 Å². The number of phenols is 1. The van der Waals surface area contributed by atoms with Gasteiger partial charge in [0.05, 0.1) is 12.1 Å². The van der Waals surface area contributed by atoms with Crippen LogP contribution in [-0.2, 0) is 17.8 Å². The molecule has 6 rings (SSSR count). The first-order chi connectivity index (χ1) is 18.8. The monoisotopic (exact) mass is 535 g/mol. The van der Waals surface area contributed by atoms with Gasteiger partial charge in [0.25, 0.3) is 5.91 Å². The van der Waals surface area contributed by atoms with Crippen LogP contribution >= 0.6 is 0 Å². The van der Waals surface area contributed by atoms with Crippen LogP contribution < -0.4 is 20.9 Å². The van der Waals surface area contributed by atoms with E-state index >= 15 is 0 Å². The summed E-state index contributed by atoms with van der Waals surface area (Å²) in [5, 5.41) is 30.1. The second-order valence-corrected chi connectivity index (χ2v) is 11.6. The molecule has 3 aliphatic heterocycles. The minimum Gasteiger partial charge on any atom is -0.508 e. The average Bonchev–Trinajstić information content (AvgIpc) is 3.25. The number of piperidine rings is 1. The van der Waals surface area contributed by atoms with Crippen LogP contribution in [-0.4, -0.2) is 87.8 Å². The second-order valence-electron chi connectivity index (χ2n) is 11.6. The van der Waals surface area contributed by atoms with Gasteiger partial charge in [-0.1, -0.05) is 6.07 Å². The van der Waals surface area contributed by atoms with Gasteiger partial charge in [-0.2, -0.15) is 4.98 Å². The smallest absolute Gasteiger partial charge is 0.270 e. The maximum Gasteiger partial charge on any atom is 0.270 e. The highest BCUT2D eigenvalue weighted by Gasteiger charge is 2.35. The maximum atomic E-state index is 13.2. The van der Waals surface area contributed by atoms with E-state index in [0.29, 0.717) is 49.7 Å². The fourth-order valence-electron chi connectivity index (χ4n) is 6.40. The van der Waals surface area contributed by atoms with E-state index in [9.17, 15) is 19.8 Å². The molecule has 5 N–H and O–H groups in total. The quantitative estimate of drug-likeness (QED) is 0.349. The van der Waals surface area contributed by atoms with Gasteiger partial charge in [0.1, 0.15) is 17.3 Å². The molecule has 1 aromatic heterocycles. The zero-order valence-electron chi connectivity index (χ0n) is 22.3. The summed E-state index contributed by atoms with van der Waals surface area (Å²) in [5.41, 5.74) is 2.35. The normalized spacial score (nSPS) is 25.0. The molecule has 3 fully saturated rings. The number of anilines is 2. The van der Waals surface area contributed by atoms with Gasteiger partial charge in [0, 0.05) is 58.3 Å². The van der Waals surface area contributed by atoms with Gasteiger partial charge in [0.2, 0.25) is 11.9 Å². The number of hydrogen-bond donors (Lipinski definition) is 5. The molecule has 4 aliphatic rings. The number of amides is 2. The molecule has 1 aromatic carbocycles. The summed E-state index contributed by atoms with van der Waals surface area (Å²) < 4.78 is 0. The summed E-state index contributed by atoms with van der Waals surface area (Å²) >= 11 is 0. The number of nitrogens with one attached hydrogen (secondary N) is 3. The lowest BCUT2D eigenvalue weighted by molar-refractivity contribution is -0.132. The van der Waals surface area contributed by atoms with E-state index < -0.39 is 6.10 Å². The van der Waals surface area contributed by atoms with Crippen molar-refractivity contribution < 1.29 is 19.8 Å². The van der Waals surface area contributed by atoms with E-state index in [0.717, 1.165) is 24.2 Å². The van der Waals surface area contributed by atoms with Crippen molar-refractivity contribution in [3.05, 3.63) is 41.1 Å². The molecule has 2 amide bonds. The van der Waals surface area contributed by atoms with Crippen molar-refractivity contribution in [2.24, 2.45) is 11.8 Å². The number of likely N-dealkylation sites (tertiary alicyclic amines) is 1. The maximum absolute atomic E-state index is 13.2. The lowest BCUT2D eigenvalue weighted by Gasteiger charge is -2.39. The van der Waals surface area contributed by atoms with Gasteiger partial charge in [-0.25, -0.2) is 4.98 Å². The Labute approximate surface area is 228 Å². The predicted octanol–water partition coefficient (Wildman–Crippen LogP) is 0.866. The molecule has 1 aliphatic carbocycles. The summed E-state index contributed by atoms with van der Waals surface area (Å²) in [7, 11) is 0. The summed E-state index contributed by atoms with van der Waals surface area (Å²) in [6.07, 6.45) is 3.53. The number of aromatic nitrogens is 2. The third-order valence-electron chi connectivity index (χ3n) is 8.64. The van der Waals surface area contributed by atoms with Crippen molar-refractivity contribution in [3.63, 3.8) is 0 Å². The molecule has 11 nitrogen and oxygen atoms in total.